The van der Waals surface area contributed by atoms with E-state index < -0.39 is 11.7 Å². The molecule has 2 aromatic carbocycles. The zero-order chi connectivity index (χ0) is 21.3. The van der Waals surface area contributed by atoms with Crippen molar-refractivity contribution in [2.45, 2.75) is 25.7 Å². The van der Waals surface area contributed by atoms with Gasteiger partial charge in [-0.25, -0.2) is 0 Å². The number of piperidine rings is 1. The van der Waals surface area contributed by atoms with Gasteiger partial charge in [-0.15, -0.1) is 0 Å². The summed E-state index contributed by atoms with van der Waals surface area (Å²) in [4.78, 5) is 31.1. The molecule has 3 aromatic rings. The lowest BCUT2D eigenvalue weighted by molar-refractivity contribution is -0.127. The smallest absolute Gasteiger partial charge is 0.295 e. The number of rotatable bonds is 5. The predicted molar refractivity (Wildman–Crippen MR) is 115 cm³/mol. The van der Waals surface area contributed by atoms with Crippen LogP contribution in [0.3, 0.4) is 0 Å². The van der Waals surface area contributed by atoms with Gasteiger partial charge in [0.2, 0.25) is 0 Å². The van der Waals surface area contributed by atoms with Gasteiger partial charge in [-0.1, -0.05) is 30.3 Å². The molecular weight excluding hydrogens is 380 g/mol. The third-order valence-corrected chi connectivity index (χ3v) is 5.96. The Labute approximate surface area is 175 Å². The molecule has 156 valence electrons. The molecule has 0 aliphatic carbocycles. The summed E-state index contributed by atoms with van der Waals surface area (Å²) < 4.78 is 10.7. The summed E-state index contributed by atoms with van der Waals surface area (Å²) in [5.74, 6) is 0.593. The number of nitrogens with zero attached hydrogens (tertiary/aromatic N) is 1. The topological polar surface area (TPSA) is 71.6 Å². The van der Waals surface area contributed by atoms with E-state index in [-0.39, 0.29) is 0 Å². The van der Waals surface area contributed by atoms with E-state index in [2.05, 4.69) is 17.1 Å². The Morgan fingerprint density at radius 1 is 1.00 bits per heavy atom. The number of amides is 1. The Morgan fingerprint density at radius 3 is 2.27 bits per heavy atom. The van der Waals surface area contributed by atoms with Gasteiger partial charge in [-0.3, -0.25) is 9.59 Å². The number of methoxy groups -OCH3 is 2. The van der Waals surface area contributed by atoms with Crippen molar-refractivity contribution in [3.05, 3.63) is 59.3 Å². The van der Waals surface area contributed by atoms with E-state index in [1.807, 2.05) is 18.2 Å². The lowest BCUT2D eigenvalue weighted by Crippen LogP contribution is -2.41. The van der Waals surface area contributed by atoms with Crippen LogP contribution in [0.1, 0.15) is 40.4 Å². The molecule has 4 rings (SSSR count). The van der Waals surface area contributed by atoms with Crippen LogP contribution >= 0.6 is 0 Å². The van der Waals surface area contributed by atoms with E-state index in [0.717, 1.165) is 18.4 Å². The molecule has 1 N–H and O–H groups in total. The van der Waals surface area contributed by atoms with Gasteiger partial charge in [0, 0.05) is 30.2 Å². The SMILES string of the molecule is COc1cc2[nH]c(C)c(C(=O)C(=O)N3CCC(c4ccccc4)CC3)c2cc1OC. The van der Waals surface area contributed by atoms with Crippen molar-refractivity contribution in [1.29, 1.82) is 0 Å². The van der Waals surface area contributed by atoms with Crippen molar-refractivity contribution in [3.8, 4) is 11.5 Å². The Bertz CT molecular complexity index is 1080. The minimum absolute atomic E-state index is 0.404. The molecule has 0 radical (unpaired) electrons. The standard InChI is InChI=1S/C24H26N2O4/c1-15-22(18-13-20(29-2)21(30-3)14-19(18)25-15)23(27)24(28)26-11-9-17(10-12-26)16-7-5-4-6-8-16/h4-8,13-14,17,25H,9-12H2,1-3H3. The van der Waals surface area contributed by atoms with Gasteiger partial charge in [-0.05, 0) is 37.3 Å². The van der Waals surface area contributed by atoms with Gasteiger partial charge in [0.1, 0.15) is 0 Å². The summed E-state index contributed by atoms with van der Waals surface area (Å²) in [5, 5.41) is 0.669. The Balaban J connectivity index is 1.55. The van der Waals surface area contributed by atoms with E-state index in [1.54, 1.807) is 38.2 Å². The van der Waals surface area contributed by atoms with Crippen LogP contribution in [0, 0.1) is 6.92 Å². The number of carbonyl (C=O) groups is 2. The number of aromatic nitrogens is 1. The number of fused-ring (bicyclic) bond motifs is 1. The summed E-state index contributed by atoms with van der Waals surface area (Å²) >= 11 is 0. The van der Waals surface area contributed by atoms with Gasteiger partial charge in [-0.2, -0.15) is 0 Å². The van der Waals surface area contributed by atoms with Crippen LogP contribution in [0.25, 0.3) is 10.9 Å². The number of hydrogen-bond acceptors (Lipinski definition) is 4. The molecular formula is C24H26N2O4. The number of ether oxygens (including phenoxy) is 2. The molecule has 1 aliphatic heterocycles. The van der Waals surface area contributed by atoms with Crippen molar-refractivity contribution < 1.29 is 19.1 Å². The Hall–Kier alpha value is -3.28. The molecule has 6 heteroatoms. The molecule has 30 heavy (non-hydrogen) atoms. The highest BCUT2D eigenvalue weighted by Gasteiger charge is 2.31. The van der Waals surface area contributed by atoms with Crippen LogP contribution in [-0.4, -0.2) is 48.9 Å². The third-order valence-electron chi connectivity index (χ3n) is 5.96. The maximum Gasteiger partial charge on any atom is 0.295 e. The number of nitrogens with one attached hydrogen (secondary N) is 1. The summed E-state index contributed by atoms with van der Waals surface area (Å²) in [6, 6.07) is 13.9. The maximum atomic E-state index is 13.2. The first-order valence-electron chi connectivity index (χ1n) is 10.2. The first-order chi connectivity index (χ1) is 14.5. The molecule has 2 heterocycles. The largest absolute Gasteiger partial charge is 0.493 e. The third kappa shape index (κ3) is 3.54. The second-order valence-electron chi connectivity index (χ2n) is 7.68. The average Bonchev–Trinajstić information content (AvgIpc) is 3.12. The Kier molecular flexibility index (Phi) is 5.48. The minimum atomic E-state index is -0.482. The van der Waals surface area contributed by atoms with E-state index in [1.165, 1.54) is 5.56 Å². The van der Waals surface area contributed by atoms with Crippen molar-refractivity contribution in [2.75, 3.05) is 27.3 Å². The number of carbonyl (C=O) groups excluding carboxylic acids is 2. The molecule has 0 atom stereocenters. The van der Waals surface area contributed by atoms with Crippen LogP contribution in [0.4, 0.5) is 0 Å². The van der Waals surface area contributed by atoms with E-state index in [4.69, 9.17) is 9.47 Å². The number of H-pyrrole nitrogens is 1. The Morgan fingerprint density at radius 2 is 1.63 bits per heavy atom. The summed E-state index contributed by atoms with van der Waals surface area (Å²) in [5.41, 5.74) is 3.10. The molecule has 0 unspecified atom stereocenters. The summed E-state index contributed by atoms with van der Waals surface area (Å²) in [7, 11) is 3.11. The van der Waals surface area contributed by atoms with Crippen molar-refractivity contribution in [2.24, 2.45) is 0 Å². The van der Waals surface area contributed by atoms with Gasteiger partial charge >= 0.3 is 0 Å². The van der Waals surface area contributed by atoms with Crippen LogP contribution in [-0.2, 0) is 4.79 Å². The molecule has 0 spiro atoms. The van der Waals surface area contributed by atoms with Crippen LogP contribution in [0.15, 0.2) is 42.5 Å². The first-order valence-corrected chi connectivity index (χ1v) is 10.2. The highest BCUT2D eigenvalue weighted by molar-refractivity contribution is 6.45. The highest BCUT2D eigenvalue weighted by atomic mass is 16.5. The number of benzene rings is 2. The number of Topliss-reactive ketones (excluding diaryl/α,β-unsaturated/α-hetero) is 1. The second-order valence-corrected chi connectivity index (χ2v) is 7.68. The molecule has 0 bridgehead atoms. The number of likely N-dealkylation sites (tertiary alicyclic amines) is 1. The predicted octanol–water partition coefficient (Wildman–Crippen LogP) is 4.08. The van der Waals surface area contributed by atoms with Crippen molar-refractivity contribution in [3.63, 3.8) is 0 Å². The molecule has 1 saturated heterocycles. The fourth-order valence-corrected chi connectivity index (χ4v) is 4.34. The van der Waals surface area contributed by atoms with E-state index >= 15 is 0 Å². The van der Waals surface area contributed by atoms with Gasteiger partial charge < -0.3 is 19.4 Å². The second kappa shape index (κ2) is 8.22. The quantitative estimate of drug-likeness (QED) is 0.512. The van der Waals surface area contributed by atoms with Crippen LogP contribution in [0.2, 0.25) is 0 Å². The zero-order valence-electron chi connectivity index (χ0n) is 17.5. The average molecular weight is 406 g/mol. The number of hydrogen-bond donors (Lipinski definition) is 1. The lowest BCUT2D eigenvalue weighted by atomic mass is 9.89. The van der Waals surface area contributed by atoms with Crippen LogP contribution < -0.4 is 9.47 Å². The van der Waals surface area contributed by atoms with Gasteiger partial charge in [0.25, 0.3) is 11.7 Å². The van der Waals surface area contributed by atoms with Gasteiger partial charge in [0.15, 0.2) is 11.5 Å². The van der Waals surface area contributed by atoms with Crippen molar-refractivity contribution in [1.82, 2.24) is 9.88 Å². The fraction of sp³-hybridized carbons (Fsp3) is 0.333. The number of aryl methyl sites for hydroxylation is 1. The van der Waals surface area contributed by atoms with E-state index in [0.29, 0.717) is 47.2 Å². The monoisotopic (exact) mass is 406 g/mol. The lowest BCUT2D eigenvalue weighted by Gasteiger charge is -2.31. The zero-order valence-corrected chi connectivity index (χ0v) is 17.5. The van der Waals surface area contributed by atoms with Gasteiger partial charge in [0.05, 0.1) is 25.3 Å². The highest BCUT2D eigenvalue weighted by Crippen LogP contribution is 2.35. The first kappa shape index (κ1) is 20.0. The molecule has 1 fully saturated rings. The summed E-state index contributed by atoms with van der Waals surface area (Å²) in [6.45, 7) is 2.98. The molecule has 1 amide bonds. The van der Waals surface area contributed by atoms with Crippen LogP contribution in [0.5, 0.6) is 11.5 Å². The maximum absolute atomic E-state index is 13.2. The molecule has 0 saturated carbocycles. The molecule has 1 aromatic heterocycles. The minimum Gasteiger partial charge on any atom is -0.493 e. The molecule has 6 nitrogen and oxygen atoms in total. The summed E-state index contributed by atoms with van der Waals surface area (Å²) in [6.07, 6.45) is 1.72. The van der Waals surface area contributed by atoms with Crippen molar-refractivity contribution >= 4 is 22.6 Å². The fourth-order valence-electron chi connectivity index (χ4n) is 4.34. The number of aromatic amines is 1. The normalized spacial score (nSPS) is 14.7. The number of ketones is 1. The molecule has 1 aliphatic rings. The van der Waals surface area contributed by atoms with E-state index in [9.17, 15) is 9.59 Å².